The molecule has 236 valence electrons. The Morgan fingerprint density at radius 2 is 1.04 bits per heavy atom. The van der Waals surface area contributed by atoms with E-state index in [0.717, 1.165) is 44.2 Å². The van der Waals surface area contributed by atoms with Crippen molar-refractivity contribution in [2.24, 2.45) is 0 Å². The quantitative estimate of drug-likeness (QED) is 0.192. The molecule has 0 unspecified atom stereocenters. The summed E-state index contributed by atoms with van der Waals surface area (Å²) >= 11 is 0. The fourth-order valence-electron chi connectivity index (χ4n) is 8.00. The highest BCUT2D eigenvalue weighted by molar-refractivity contribution is 6.09. The number of hydrogen-bond donors (Lipinski definition) is 0. The summed E-state index contributed by atoms with van der Waals surface area (Å²) in [5, 5.41) is 4.64. The van der Waals surface area contributed by atoms with E-state index in [1.165, 1.54) is 38.6 Å². The van der Waals surface area contributed by atoms with E-state index in [2.05, 4.69) is 105 Å². The zero-order valence-corrected chi connectivity index (χ0v) is 27.7. The van der Waals surface area contributed by atoms with Gasteiger partial charge in [0.05, 0.1) is 5.56 Å². The standard InChI is InChI=1S/C46H31N3O/c1-46(2)39-23-8-6-17-33(39)36-26-25-32-31(19-11-20-35(32)41(36)46)29-15-10-16-30(27-29)44-47-43(28-13-4-3-5-14-28)48-45(49-44)38-22-12-21-37-34-18-7-9-24-40(34)50-42(37)38/h3-27H,1-2H3. The molecule has 4 heteroatoms. The normalized spacial score (nSPS) is 13.2. The lowest BCUT2D eigenvalue weighted by molar-refractivity contribution is 0.666. The Bertz CT molecular complexity index is 2790. The van der Waals surface area contributed by atoms with Crippen LogP contribution >= 0.6 is 0 Å². The predicted octanol–water partition coefficient (Wildman–Crippen LogP) is 11.9. The second-order valence-corrected chi connectivity index (χ2v) is 13.6. The molecular weight excluding hydrogens is 611 g/mol. The number of nitrogens with zero attached hydrogens (tertiary/aromatic N) is 3. The second-order valence-electron chi connectivity index (χ2n) is 13.6. The molecule has 1 aliphatic rings. The first kappa shape index (κ1) is 28.6. The van der Waals surface area contributed by atoms with Gasteiger partial charge in [0.15, 0.2) is 17.5 Å². The summed E-state index contributed by atoms with van der Waals surface area (Å²) in [6.07, 6.45) is 0. The number of aromatic nitrogens is 3. The number of para-hydroxylation sites is 2. The highest BCUT2D eigenvalue weighted by Gasteiger charge is 2.36. The third-order valence-corrected chi connectivity index (χ3v) is 10.3. The molecule has 50 heavy (non-hydrogen) atoms. The zero-order chi connectivity index (χ0) is 33.4. The molecular formula is C46H31N3O. The predicted molar refractivity (Wildman–Crippen MR) is 204 cm³/mol. The Morgan fingerprint density at radius 3 is 1.92 bits per heavy atom. The van der Waals surface area contributed by atoms with Gasteiger partial charge in [-0.3, -0.25) is 0 Å². The van der Waals surface area contributed by atoms with E-state index >= 15 is 0 Å². The van der Waals surface area contributed by atoms with Crippen LogP contribution in [0.4, 0.5) is 0 Å². The van der Waals surface area contributed by atoms with Gasteiger partial charge in [-0.15, -0.1) is 0 Å². The molecule has 0 spiro atoms. The lowest BCUT2D eigenvalue weighted by Crippen LogP contribution is -2.15. The number of benzene rings is 7. The van der Waals surface area contributed by atoms with Gasteiger partial charge in [-0.05, 0) is 62.4 Å². The van der Waals surface area contributed by atoms with Gasteiger partial charge >= 0.3 is 0 Å². The Hall–Kier alpha value is -6.39. The van der Waals surface area contributed by atoms with Crippen LogP contribution in [0, 0.1) is 0 Å². The minimum absolute atomic E-state index is 0.0935. The van der Waals surface area contributed by atoms with E-state index in [0.29, 0.717) is 17.5 Å². The van der Waals surface area contributed by atoms with Crippen molar-refractivity contribution in [1.29, 1.82) is 0 Å². The van der Waals surface area contributed by atoms with Crippen LogP contribution in [0.25, 0.3) is 89.1 Å². The molecule has 0 fully saturated rings. The third kappa shape index (κ3) is 4.28. The Labute approximate surface area is 289 Å². The molecule has 0 N–H and O–H groups in total. The van der Waals surface area contributed by atoms with Crippen LogP contribution in [0.2, 0.25) is 0 Å². The third-order valence-electron chi connectivity index (χ3n) is 10.3. The number of hydrogen-bond acceptors (Lipinski definition) is 4. The maximum atomic E-state index is 6.41. The van der Waals surface area contributed by atoms with Gasteiger partial charge in [-0.2, -0.15) is 0 Å². The molecule has 0 aliphatic heterocycles. The topological polar surface area (TPSA) is 51.8 Å². The van der Waals surface area contributed by atoms with Gasteiger partial charge in [0, 0.05) is 27.3 Å². The van der Waals surface area contributed by atoms with Crippen molar-refractivity contribution >= 4 is 32.7 Å². The Morgan fingerprint density at radius 1 is 0.420 bits per heavy atom. The van der Waals surface area contributed by atoms with Crippen molar-refractivity contribution in [1.82, 2.24) is 15.0 Å². The van der Waals surface area contributed by atoms with Crippen LogP contribution in [0.1, 0.15) is 25.0 Å². The minimum atomic E-state index is -0.0935. The first-order chi connectivity index (χ1) is 24.5. The highest BCUT2D eigenvalue weighted by Crippen LogP contribution is 2.52. The Balaban J connectivity index is 1.15. The Kier molecular flexibility index (Phi) is 6.19. The van der Waals surface area contributed by atoms with Gasteiger partial charge in [0.1, 0.15) is 11.2 Å². The van der Waals surface area contributed by atoms with E-state index in [4.69, 9.17) is 19.4 Å². The summed E-state index contributed by atoms with van der Waals surface area (Å²) in [6.45, 7) is 4.69. The minimum Gasteiger partial charge on any atom is -0.455 e. The van der Waals surface area contributed by atoms with Crippen LogP contribution < -0.4 is 0 Å². The molecule has 0 radical (unpaired) electrons. The molecule has 4 nitrogen and oxygen atoms in total. The average molecular weight is 642 g/mol. The monoisotopic (exact) mass is 641 g/mol. The lowest BCUT2D eigenvalue weighted by Gasteiger charge is -2.23. The van der Waals surface area contributed by atoms with Crippen molar-refractivity contribution < 1.29 is 4.42 Å². The van der Waals surface area contributed by atoms with Gasteiger partial charge in [-0.25, -0.2) is 15.0 Å². The van der Waals surface area contributed by atoms with Crippen molar-refractivity contribution in [2.75, 3.05) is 0 Å². The van der Waals surface area contributed by atoms with Gasteiger partial charge < -0.3 is 4.42 Å². The molecule has 0 amide bonds. The second kappa shape index (κ2) is 10.8. The van der Waals surface area contributed by atoms with E-state index in [1.807, 2.05) is 60.7 Å². The van der Waals surface area contributed by atoms with Crippen molar-refractivity contribution in [2.45, 2.75) is 19.3 Å². The molecule has 7 aromatic carbocycles. The maximum Gasteiger partial charge on any atom is 0.167 e. The number of fused-ring (bicyclic) bond motifs is 8. The highest BCUT2D eigenvalue weighted by atomic mass is 16.3. The maximum absolute atomic E-state index is 6.41. The zero-order valence-electron chi connectivity index (χ0n) is 27.7. The average Bonchev–Trinajstić information content (AvgIpc) is 3.67. The molecule has 0 saturated carbocycles. The molecule has 10 rings (SSSR count). The van der Waals surface area contributed by atoms with Crippen LogP contribution in [0.5, 0.6) is 0 Å². The summed E-state index contributed by atoms with van der Waals surface area (Å²) < 4.78 is 6.41. The van der Waals surface area contributed by atoms with E-state index < -0.39 is 0 Å². The summed E-state index contributed by atoms with van der Waals surface area (Å²) in [5.41, 5.74) is 11.9. The van der Waals surface area contributed by atoms with Crippen LogP contribution in [-0.2, 0) is 5.41 Å². The summed E-state index contributed by atoms with van der Waals surface area (Å²) in [5.74, 6) is 1.81. The molecule has 9 aromatic rings. The molecule has 2 heterocycles. The van der Waals surface area contributed by atoms with E-state index in [1.54, 1.807) is 0 Å². The van der Waals surface area contributed by atoms with E-state index in [-0.39, 0.29) is 5.41 Å². The summed E-state index contributed by atoms with van der Waals surface area (Å²) in [4.78, 5) is 15.2. The number of furan rings is 1. The van der Waals surface area contributed by atoms with Gasteiger partial charge in [0.25, 0.3) is 0 Å². The lowest BCUT2D eigenvalue weighted by atomic mass is 9.79. The van der Waals surface area contributed by atoms with Crippen LogP contribution in [0.15, 0.2) is 156 Å². The van der Waals surface area contributed by atoms with Crippen LogP contribution in [-0.4, -0.2) is 15.0 Å². The SMILES string of the molecule is CC1(C)c2ccccc2-c2ccc3c(-c4cccc(-c5nc(-c6ccccc6)nc(-c6cccc7c6oc6ccccc67)n5)c4)cccc3c21. The van der Waals surface area contributed by atoms with Crippen LogP contribution in [0.3, 0.4) is 0 Å². The van der Waals surface area contributed by atoms with Crippen molar-refractivity contribution in [3.63, 3.8) is 0 Å². The van der Waals surface area contributed by atoms with Gasteiger partial charge in [-0.1, -0.05) is 147 Å². The first-order valence-corrected chi connectivity index (χ1v) is 17.0. The largest absolute Gasteiger partial charge is 0.455 e. The number of rotatable bonds is 4. The van der Waals surface area contributed by atoms with Crippen molar-refractivity contribution in [3.8, 4) is 56.4 Å². The smallest absolute Gasteiger partial charge is 0.167 e. The fourth-order valence-corrected chi connectivity index (χ4v) is 8.00. The van der Waals surface area contributed by atoms with Crippen molar-refractivity contribution in [3.05, 3.63) is 163 Å². The van der Waals surface area contributed by atoms with E-state index in [9.17, 15) is 0 Å². The molecule has 1 aliphatic carbocycles. The molecule has 0 bridgehead atoms. The molecule has 0 saturated heterocycles. The molecule has 0 atom stereocenters. The molecule has 2 aromatic heterocycles. The van der Waals surface area contributed by atoms with Gasteiger partial charge in [0.2, 0.25) is 0 Å². The summed E-state index contributed by atoms with van der Waals surface area (Å²) in [7, 11) is 0. The fraction of sp³-hybridized carbons (Fsp3) is 0.0652. The summed E-state index contributed by atoms with van der Waals surface area (Å²) in [6, 6.07) is 53.1. The first-order valence-electron chi connectivity index (χ1n) is 17.0.